The minimum Gasteiger partial charge on any atom is -0.378 e. The number of amides is 2. The fourth-order valence-electron chi connectivity index (χ4n) is 5.55. The molecule has 41 heavy (non-hydrogen) atoms. The molecular weight excluding hydrogens is 523 g/mol. The highest BCUT2D eigenvalue weighted by atomic mass is 19.1. The fourth-order valence-corrected chi connectivity index (χ4v) is 5.55. The van der Waals surface area contributed by atoms with Crippen molar-refractivity contribution >= 4 is 17.6 Å². The Morgan fingerprint density at radius 2 is 1.83 bits per heavy atom. The summed E-state index contributed by atoms with van der Waals surface area (Å²) in [4.78, 5) is 39.0. The third-order valence-electron chi connectivity index (χ3n) is 7.99. The number of aromatic nitrogens is 2. The van der Waals surface area contributed by atoms with E-state index in [9.17, 15) is 9.59 Å². The first kappa shape index (κ1) is 28.2. The number of nitrogens with zero attached hydrogens (tertiary/aromatic N) is 5. The predicted molar refractivity (Wildman–Crippen MR) is 152 cm³/mol. The van der Waals surface area contributed by atoms with Crippen LogP contribution in [0.3, 0.4) is 0 Å². The lowest BCUT2D eigenvalue weighted by molar-refractivity contribution is 0.0402. The molecule has 5 rings (SSSR count). The van der Waals surface area contributed by atoms with Crippen LogP contribution >= 0.6 is 0 Å². The highest BCUT2D eigenvalue weighted by molar-refractivity contribution is 6.01. The van der Waals surface area contributed by atoms with Crippen LogP contribution in [-0.4, -0.2) is 66.1 Å². The summed E-state index contributed by atoms with van der Waals surface area (Å²) in [5.74, 6) is -0.0787. The minimum atomic E-state index is -1.67. The average molecular weight is 557 g/mol. The number of nitriles is 1. The number of morpholine rings is 1. The number of hydrogen-bond acceptors (Lipinski definition) is 7. The molecule has 4 heterocycles. The van der Waals surface area contributed by atoms with Gasteiger partial charge < -0.3 is 20.3 Å². The summed E-state index contributed by atoms with van der Waals surface area (Å²) in [6.45, 7) is 6.89. The van der Waals surface area contributed by atoms with Crippen molar-refractivity contribution in [2.75, 3.05) is 44.3 Å². The lowest BCUT2D eigenvalue weighted by Crippen LogP contribution is -2.43. The summed E-state index contributed by atoms with van der Waals surface area (Å²) < 4.78 is 21.3. The smallest absolute Gasteiger partial charge is 0.254 e. The van der Waals surface area contributed by atoms with Gasteiger partial charge in [0.15, 0.2) is 5.67 Å². The molecule has 9 nitrogen and oxygen atoms in total. The number of aryl methyl sites for hydroxylation is 2. The molecule has 2 fully saturated rings. The van der Waals surface area contributed by atoms with Crippen molar-refractivity contribution < 1.29 is 18.7 Å². The summed E-state index contributed by atoms with van der Waals surface area (Å²) in [5.41, 5.74) is 8.38. The molecule has 0 unspecified atom stereocenters. The van der Waals surface area contributed by atoms with Gasteiger partial charge in [0.05, 0.1) is 35.7 Å². The van der Waals surface area contributed by atoms with E-state index >= 15 is 4.39 Å². The Bertz CT molecular complexity index is 1500. The van der Waals surface area contributed by atoms with E-state index in [1.807, 2.05) is 26.0 Å². The van der Waals surface area contributed by atoms with Gasteiger partial charge in [0.25, 0.3) is 11.8 Å². The summed E-state index contributed by atoms with van der Waals surface area (Å²) >= 11 is 0. The Labute approximate surface area is 238 Å². The third-order valence-corrected chi connectivity index (χ3v) is 7.99. The lowest BCUT2D eigenvalue weighted by atomic mass is 9.88. The molecule has 0 saturated carbocycles. The van der Waals surface area contributed by atoms with Crippen LogP contribution in [0.15, 0.2) is 42.6 Å². The van der Waals surface area contributed by atoms with Crippen molar-refractivity contribution in [3.05, 3.63) is 76.1 Å². The van der Waals surface area contributed by atoms with E-state index < -0.39 is 11.6 Å². The molecule has 0 spiro atoms. The van der Waals surface area contributed by atoms with Crippen molar-refractivity contribution in [3.63, 3.8) is 0 Å². The molecular formula is C31H33FN6O3. The molecule has 2 N–H and O–H groups in total. The van der Waals surface area contributed by atoms with Crippen molar-refractivity contribution in [1.82, 2.24) is 14.9 Å². The molecule has 0 aliphatic carbocycles. The van der Waals surface area contributed by atoms with E-state index in [0.29, 0.717) is 55.1 Å². The van der Waals surface area contributed by atoms with Gasteiger partial charge in [0.1, 0.15) is 11.9 Å². The Hall–Kier alpha value is -4.36. The number of alkyl halides is 1. The molecule has 3 aromatic rings. The number of carbonyl (C=O) groups is 2. The summed E-state index contributed by atoms with van der Waals surface area (Å²) in [6.07, 6.45) is 2.24. The Morgan fingerprint density at radius 1 is 1.10 bits per heavy atom. The molecule has 0 bridgehead atoms. The number of anilines is 1. The van der Waals surface area contributed by atoms with Gasteiger partial charge in [-0.3, -0.25) is 14.6 Å². The molecule has 10 heteroatoms. The van der Waals surface area contributed by atoms with Crippen LogP contribution in [0.25, 0.3) is 11.3 Å². The van der Waals surface area contributed by atoms with Gasteiger partial charge in [-0.05, 0) is 54.8 Å². The first-order valence-corrected chi connectivity index (χ1v) is 13.9. The van der Waals surface area contributed by atoms with Gasteiger partial charge in [0, 0.05) is 56.3 Å². The normalized spacial score (nSPS) is 16.7. The number of halogens is 1. The SMILES string of the molecule is CCc1cc(C)c(C(=O)N2CCC(F)(c3ccc(C#N)cn3)CC2)cc1-c1nc(N2CCOCC2)ccc1C(N)=O. The second kappa shape index (κ2) is 11.6. The van der Waals surface area contributed by atoms with Gasteiger partial charge in [-0.2, -0.15) is 5.26 Å². The molecule has 212 valence electrons. The largest absolute Gasteiger partial charge is 0.378 e. The van der Waals surface area contributed by atoms with Gasteiger partial charge in [0.2, 0.25) is 0 Å². The molecule has 2 aliphatic heterocycles. The lowest BCUT2D eigenvalue weighted by Gasteiger charge is -2.36. The highest BCUT2D eigenvalue weighted by Crippen LogP contribution is 2.37. The van der Waals surface area contributed by atoms with E-state index in [0.717, 1.165) is 16.9 Å². The predicted octanol–water partition coefficient (Wildman–Crippen LogP) is 3.92. The number of hydrogen-bond donors (Lipinski definition) is 1. The van der Waals surface area contributed by atoms with E-state index in [1.54, 1.807) is 35.2 Å². The number of piperidine rings is 1. The number of likely N-dealkylation sites (tertiary alicyclic amines) is 1. The van der Waals surface area contributed by atoms with Gasteiger partial charge in [-0.15, -0.1) is 0 Å². The maximum atomic E-state index is 15.8. The van der Waals surface area contributed by atoms with Gasteiger partial charge in [-0.25, -0.2) is 9.37 Å². The van der Waals surface area contributed by atoms with Crippen molar-refractivity contribution in [3.8, 4) is 17.3 Å². The zero-order valence-corrected chi connectivity index (χ0v) is 23.3. The first-order valence-electron chi connectivity index (χ1n) is 13.9. The number of nitrogens with two attached hydrogens (primary N) is 1. The molecule has 0 radical (unpaired) electrons. The summed E-state index contributed by atoms with van der Waals surface area (Å²) in [7, 11) is 0. The van der Waals surface area contributed by atoms with Crippen LogP contribution < -0.4 is 10.6 Å². The highest BCUT2D eigenvalue weighted by Gasteiger charge is 2.39. The van der Waals surface area contributed by atoms with Crippen molar-refractivity contribution in [2.24, 2.45) is 5.73 Å². The van der Waals surface area contributed by atoms with Crippen molar-refractivity contribution in [1.29, 1.82) is 5.26 Å². The van der Waals surface area contributed by atoms with E-state index in [1.165, 1.54) is 6.20 Å². The second-order valence-corrected chi connectivity index (χ2v) is 10.5. The van der Waals surface area contributed by atoms with Crippen molar-refractivity contribution in [2.45, 2.75) is 38.8 Å². The monoisotopic (exact) mass is 556 g/mol. The van der Waals surface area contributed by atoms with E-state index in [2.05, 4.69) is 9.88 Å². The average Bonchev–Trinajstić information content (AvgIpc) is 3.01. The fraction of sp³-hybridized carbons (Fsp3) is 0.387. The Balaban J connectivity index is 1.45. The maximum Gasteiger partial charge on any atom is 0.254 e. The first-order chi connectivity index (χ1) is 19.7. The van der Waals surface area contributed by atoms with E-state index in [4.69, 9.17) is 20.7 Å². The molecule has 2 aromatic heterocycles. The maximum absolute atomic E-state index is 15.8. The van der Waals surface area contributed by atoms with Gasteiger partial charge in [-0.1, -0.05) is 13.0 Å². The standard InChI is InChI=1S/C31H33FN6O3/c1-3-22-16-20(2)24(30(40)38-10-8-31(32,9-11-38)26-6-4-21(18-33)19-35-26)17-25(22)28-23(29(34)39)5-7-27(36-28)37-12-14-41-15-13-37/h4-7,16-17,19H,3,8-15H2,1-2H3,(H2,34,39). The second-order valence-electron chi connectivity index (χ2n) is 10.5. The number of rotatable bonds is 6. The van der Waals surface area contributed by atoms with Crippen LogP contribution in [0.2, 0.25) is 0 Å². The van der Waals surface area contributed by atoms with Crippen LogP contribution in [0.5, 0.6) is 0 Å². The number of pyridine rings is 2. The van der Waals surface area contributed by atoms with Crippen LogP contribution in [0.4, 0.5) is 10.2 Å². The summed E-state index contributed by atoms with van der Waals surface area (Å²) in [6, 6.07) is 12.3. The summed E-state index contributed by atoms with van der Waals surface area (Å²) in [5, 5.41) is 9.01. The molecule has 2 saturated heterocycles. The molecule has 0 atom stereocenters. The number of ether oxygens (including phenoxy) is 1. The number of benzene rings is 1. The third kappa shape index (κ3) is 5.63. The minimum absolute atomic E-state index is 0.103. The number of primary amides is 1. The van der Waals surface area contributed by atoms with E-state index in [-0.39, 0.29) is 43.1 Å². The zero-order valence-electron chi connectivity index (χ0n) is 23.3. The Morgan fingerprint density at radius 3 is 2.44 bits per heavy atom. The Kier molecular flexibility index (Phi) is 7.99. The van der Waals surface area contributed by atoms with Crippen LogP contribution in [0.1, 0.15) is 62.9 Å². The topological polar surface area (TPSA) is 125 Å². The van der Waals surface area contributed by atoms with Gasteiger partial charge >= 0.3 is 0 Å². The van der Waals surface area contributed by atoms with Crippen LogP contribution in [0, 0.1) is 18.3 Å². The quantitative estimate of drug-likeness (QED) is 0.488. The zero-order chi connectivity index (χ0) is 29.1. The number of carbonyl (C=O) groups excluding carboxylic acids is 2. The molecule has 2 amide bonds. The van der Waals surface area contributed by atoms with Crippen LogP contribution in [-0.2, 0) is 16.8 Å². The molecule has 2 aliphatic rings. The molecule has 1 aromatic carbocycles.